The highest BCUT2D eigenvalue weighted by Crippen LogP contribution is 2.39. The summed E-state index contributed by atoms with van der Waals surface area (Å²) in [5.41, 5.74) is 0.911. The maximum Gasteiger partial charge on any atom is 0.501 e. The number of fused-ring (bicyclic) bond motifs is 1. The van der Waals surface area contributed by atoms with Crippen molar-refractivity contribution in [2.24, 2.45) is 0 Å². The van der Waals surface area contributed by atoms with Gasteiger partial charge in [-0.25, -0.2) is 0 Å². The van der Waals surface area contributed by atoms with Crippen LogP contribution < -0.4 is 8.37 Å². The summed E-state index contributed by atoms with van der Waals surface area (Å²) in [5.74, 6) is 0.680. The van der Waals surface area contributed by atoms with Crippen LogP contribution in [0, 0.1) is 0 Å². The lowest BCUT2D eigenvalue weighted by Gasteiger charge is -2.04. The molecule has 1 heterocycles. The molecule has 1 aromatic carbocycles. The Bertz CT molecular complexity index is 522. The quantitative estimate of drug-likeness (QED) is 0.718. The molecule has 0 fully saturated rings. The van der Waals surface area contributed by atoms with E-state index in [2.05, 4.69) is 6.92 Å². The molecule has 0 atom stereocenters. The zero-order valence-electron chi connectivity index (χ0n) is 11.2. The van der Waals surface area contributed by atoms with Crippen molar-refractivity contribution in [2.75, 3.05) is 0 Å². The van der Waals surface area contributed by atoms with E-state index in [9.17, 15) is 8.42 Å². The average Bonchev–Trinajstić information content (AvgIpc) is 2.68. The molecule has 0 radical (unpaired) electrons. The standard InChI is InChI=1S/C14H20O4S/c1-2-3-4-5-6-7-9-12-10-8-11-13-14(12)18-19(15,16)17-13/h8,10-11H,2-7,9H2,1H3. The van der Waals surface area contributed by atoms with E-state index in [0.29, 0.717) is 11.5 Å². The Balaban J connectivity index is 1.87. The van der Waals surface area contributed by atoms with E-state index >= 15 is 0 Å². The second-order valence-corrected chi connectivity index (χ2v) is 5.99. The van der Waals surface area contributed by atoms with E-state index in [1.165, 1.54) is 25.7 Å². The van der Waals surface area contributed by atoms with Gasteiger partial charge in [-0.2, -0.15) is 0 Å². The molecule has 1 aromatic rings. The van der Waals surface area contributed by atoms with E-state index in [4.69, 9.17) is 8.37 Å². The second kappa shape index (κ2) is 6.28. The summed E-state index contributed by atoms with van der Waals surface area (Å²) < 4.78 is 32.1. The molecule has 0 bridgehead atoms. The van der Waals surface area contributed by atoms with Crippen LogP contribution >= 0.6 is 0 Å². The van der Waals surface area contributed by atoms with Crippen LogP contribution in [0.3, 0.4) is 0 Å². The smallest absolute Gasteiger partial charge is 0.349 e. The average molecular weight is 284 g/mol. The van der Waals surface area contributed by atoms with Crippen LogP contribution in [0.15, 0.2) is 18.2 Å². The fraction of sp³-hybridized carbons (Fsp3) is 0.571. The first-order chi connectivity index (χ1) is 9.12. The Labute approximate surface area is 115 Å². The van der Waals surface area contributed by atoms with Crippen LogP contribution in [0.4, 0.5) is 0 Å². The van der Waals surface area contributed by atoms with Crippen LogP contribution in [-0.4, -0.2) is 8.42 Å². The van der Waals surface area contributed by atoms with Crippen molar-refractivity contribution in [1.29, 1.82) is 0 Å². The Kier molecular flexibility index (Phi) is 4.69. The first-order valence-corrected chi connectivity index (χ1v) is 8.21. The highest BCUT2D eigenvalue weighted by Gasteiger charge is 2.30. The zero-order chi connectivity index (χ0) is 13.7. The summed E-state index contributed by atoms with van der Waals surface area (Å²) in [6.07, 6.45) is 8.08. The van der Waals surface area contributed by atoms with Gasteiger partial charge in [-0.15, -0.1) is 8.42 Å². The van der Waals surface area contributed by atoms with E-state index in [1.54, 1.807) is 12.1 Å². The Morgan fingerprint density at radius 3 is 2.53 bits per heavy atom. The van der Waals surface area contributed by atoms with Gasteiger partial charge in [0.1, 0.15) is 0 Å². The summed E-state index contributed by atoms with van der Waals surface area (Å²) in [4.78, 5) is 0. The monoisotopic (exact) mass is 284 g/mol. The molecule has 0 N–H and O–H groups in total. The van der Waals surface area contributed by atoms with Crippen LogP contribution in [0.1, 0.15) is 51.0 Å². The van der Waals surface area contributed by atoms with Crippen LogP contribution in [-0.2, 0) is 16.8 Å². The summed E-state index contributed by atoms with van der Waals surface area (Å²) in [6, 6.07) is 5.31. The fourth-order valence-corrected chi connectivity index (χ4v) is 3.02. The molecule has 0 saturated heterocycles. The largest absolute Gasteiger partial charge is 0.501 e. The maximum atomic E-state index is 11.2. The van der Waals surface area contributed by atoms with Crippen molar-refractivity contribution in [3.8, 4) is 11.5 Å². The number of aryl methyl sites for hydroxylation is 1. The normalized spacial score (nSPS) is 15.6. The van der Waals surface area contributed by atoms with Gasteiger partial charge in [0.25, 0.3) is 0 Å². The Morgan fingerprint density at radius 1 is 1.00 bits per heavy atom. The molecule has 19 heavy (non-hydrogen) atoms. The van der Waals surface area contributed by atoms with Gasteiger partial charge in [0, 0.05) is 0 Å². The molecule has 0 spiro atoms. The molecule has 5 heteroatoms. The van der Waals surface area contributed by atoms with Crippen molar-refractivity contribution >= 4 is 10.4 Å². The molecule has 106 valence electrons. The number of para-hydroxylation sites is 1. The van der Waals surface area contributed by atoms with Gasteiger partial charge < -0.3 is 8.37 Å². The number of hydrogen-bond donors (Lipinski definition) is 0. The van der Waals surface area contributed by atoms with E-state index in [-0.39, 0.29) is 0 Å². The molecule has 0 amide bonds. The molecule has 4 nitrogen and oxygen atoms in total. The van der Waals surface area contributed by atoms with Crippen molar-refractivity contribution < 1.29 is 16.8 Å². The molecule has 2 rings (SSSR count). The third-order valence-electron chi connectivity index (χ3n) is 3.24. The number of unbranched alkanes of at least 4 members (excludes halogenated alkanes) is 5. The van der Waals surface area contributed by atoms with Gasteiger partial charge in [0.15, 0.2) is 11.5 Å². The zero-order valence-corrected chi connectivity index (χ0v) is 12.0. The lowest BCUT2D eigenvalue weighted by Crippen LogP contribution is -2.08. The maximum absolute atomic E-state index is 11.2. The van der Waals surface area contributed by atoms with Crippen molar-refractivity contribution in [3.63, 3.8) is 0 Å². The third kappa shape index (κ3) is 3.86. The van der Waals surface area contributed by atoms with Crippen LogP contribution in [0.2, 0.25) is 0 Å². The Hall–Kier alpha value is -1.23. The lowest BCUT2D eigenvalue weighted by molar-refractivity contribution is 0.435. The van der Waals surface area contributed by atoms with Crippen molar-refractivity contribution in [2.45, 2.75) is 51.9 Å². The molecule has 0 unspecified atom stereocenters. The predicted molar refractivity (Wildman–Crippen MR) is 73.7 cm³/mol. The molecular weight excluding hydrogens is 264 g/mol. The van der Waals surface area contributed by atoms with Gasteiger partial charge in [-0.3, -0.25) is 0 Å². The summed E-state index contributed by atoms with van der Waals surface area (Å²) >= 11 is 0. The first kappa shape index (κ1) is 14.2. The number of rotatable bonds is 7. The van der Waals surface area contributed by atoms with E-state index in [0.717, 1.165) is 24.8 Å². The minimum Gasteiger partial charge on any atom is -0.349 e. The lowest BCUT2D eigenvalue weighted by atomic mass is 10.0. The van der Waals surface area contributed by atoms with Gasteiger partial charge in [0.05, 0.1) is 0 Å². The third-order valence-corrected chi connectivity index (χ3v) is 3.99. The van der Waals surface area contributed by atoms with Gasteiger partial charge in [0.2, 0.25) is 0 Å². The molecular formula is C14H20O4S. The first-order valence-electron chi connectivity index (χ1n) is 6.88. The van der Waals surface area contributed by atoms with Crippen LogP contribution in [0.25, 0.3) is 0 Å². The predicted octanol–water partition coefficient (Wildman–Crippen LogP) is 3.61. The van der Waals surface area contributed by atoms with Crippen molar-refractivity contribution in [1.82, 2.24) is 0 Å². The minimum atomic E-state index is -3.87. The highest BCUT2D eigenvalue weighted by molar-refractivity contribution is 7.82. The molecule has 0 saturated carbocycles. The van der Waals surface area contributed by atoms with E-state index in [1.807, 2.05) is 6.07 Å². The summed E-state index contributed by atoms with van der Waals surface area (Å²) in [7, 11) is -3.87. The topological polar surface area (TPSA) is 52.6 Å². The molecule has 0 aromatic heterocycles. The second-order valence-electron chi connectivity index (χ2n) is 4.84. The SMILES string of the molecule is CCCCCCCCc1cccc2c1OS(=O)(=O)O2. The Morgan fingerprint density at radius 2 is 1.74 bits per heavy atom. The highest BCUT2D eigenvalue weighted by atomic mass is 32.3. The van der Waals surface area contributed by atoms with Gasteiger partial charge in [-0.05, 0) is 24.5 Å². The van der Waals surface area contributed by atoms with Gasteiger partial charge >= 0.3 is 10.4 Å². The molecule has 0 aliphatic carbocycles. The fourth-order valence-electron chi connectivity index (χ4n) is 2.24. The van der Waals surface area contributed by atoms with Gasteiger partial charge in [-0.1, -0.05) is 51.2 Å². The minimum absolute atomic E-state index is 0.309. The van der Waals surface area contributed by atoms with E-state index < -0.39 is 10.4 Å². The summed E-state index contributed by atoms with van der Waals surface area (Å²) in [5, 5.41) is 0. The molecule has 1 aliphatic heterocycles. The van der Waals surface area contributed by atoms with Crippen LogP contribution in [0.5, 0.6) is 11.5 Å². The number of hydrogen-bond acceptors (Lipinski definition) is 4. The molecule has 1 aliphatic rings. The number of benzene rings is 1. The van der Waals surface area contributed by atoms with Crippen molar-refractivity contribution in [3.05, 3.63) is 23.8 Å². The summed E-state index contributed by atoms with van der Waals surface area (Å²) in [6.45, 7) is 2.20.